The Balaban J connectivity index is 0.00000210. The van der Waals surface area contributed by atoms with E-state index in [9.17, 15) is 4.79 Å². The van der Waals surface area contributed by atoms with E-state index in [1.165, 1.54) is 0 Å². The minimum absolute atomic E-state index is 0. The van der Waals surface area contributed by atoms with Crippen molar-refractivity contribution in [1.82, 2.24) is 25.0 Å². The molecule has 1 atom stereocenters. The lowest BCUT2D eigenvalue weighted by atomic mass is 10.0. The van der Waals surface area contributed by atoms with Crippen molar-refractivity contribution in [3.63, 3.8) is 0 Å². The zero-order valence-corrected chi connectivity index (χ0v) is 15.9. The number of carbonyl (C=O) groups excluding carboxylic acids is 1. The number of carbonyl (C=O) groups is 1. The highest BCUT2D eigenvalue weighted by atomic mass is 35.5. The monoisotopic (exact) mass is 383 g/mol. The molecule has 1 fully saturated rings. The van der Waals surface area contributed by atoms with Crippen LogP contribution in [-0.4, -0.2) is 45.2 Å². The summed E-state index contributed by atoms with van der Waals surface area (Å²) in [5.74, 6) is 0.0139. The van der Waals surface area contributed by atoms with Gasteiger partial charge in [-0.15, -0.1) is 12.4 Å². The second-order valence-corrected chi connectivity index (χ2v) is 6.40. The molecule has 6 nitrogen and oxygen atoms in total. The molecule has 3 aromatic rings. The van der Waals surface area contributed by atoms with Gasteiger partial charge in [-0.3, -0.25) is 9.78 Å². The minimum atomic E-state index is -0.0237. The predicted molar refractivity (Wildman–Crippen MR) is 106 cm³/mol. The van der Waals surface area contributed by atoms with E-state index in [0.29, 0.717) is 12.1 Å². The molecule has 3 heterocycles. The maximum absolute atomic E-state index is 13.3. The van der Waals surface area contributed by atoms with Crippen LogP contribution in [0.2, 0.25) is 0 Å². The Bertz CT molecular complexity index is 897. The predicted octanol–water partition coefficient (Wildman–Crippen LogP) is 2.78. The van der Waals surface area contributed by atoms with Crippen LogP contribution in [-0.2, 0) is 0 Å². The fourth-order valence-electron chi connectivity index (χ4n) is 3.42. The highest BCUT2D eigenvalue weighted by Gasteiger charge is 2.30. The molecule has 0 bridgehead atoms. The number of rotatable bonds is 3. The summed E-state index contributed by atoms with van der Waals surface area (Å²) in [6.07, 6.45) is 5.26. The maximum atomic E-state index is 13.3. The number of aromatic nitrogens is 3. The average molecular weight is 384 g/mol. The second kappa shape index (κ2) is 8.33. The molecule has 1 aromatic carbocycles. The maximum Gasteiger partial charge on any atom is 0.257 e. The third-order valence-corrected chi connectivity index (χ3v) is 4.81. The normalized spacial score (nSPS) is 16.6. The molecule has 1 aliphatic heterocycles. The Kier molecular flexibility index (Phi) is 5.88. The summed E-state index contributed by atoms with van der Waals surface area (Å²) in [5, 5.41) is 7.81. The Morgan fingerprint density at radius 2 is 1.96 bits per heavy atom. The minimum Gasteiger partial charge on any atom is -0.329 e. The zero-order valence-electron chi connectivity index (χ0n) is 15.1. The molecule has 4 rings (SSSR count). The lowest BCUT2D eigenvalue weighted by molar-refractivity contribution is 0.0633. The molecular weight excluding hydrogens is 362 g/mol. The number of amides is 1. The van der Waals surface area contributed by atoms with Gasteiger partial charge < -0.3 is 10.2 Å². The van der Waals surface area contributed by atoms with E-state index < -0.39 is 0 Å². The Hall–Kier alpha value is -2.70. The van der Waals surface area contributed by atoms with Gasteiger partial charge in [-0.25, -0.2) is 4.68 Å². The lowest BCUT2D eigenvalue weighted by Gasteiger charge is -2.36. The van der Waals surface area contributed by atoms with Crippen LogP contribution in [0.1, 0.15) is 27.7 Å². The van der Waals surface area contributed by atoms with Crippen molar-refractivity contribution in [2.45, 2.75) is 13.0 Å². The summed E-state index contributed by atoms with van der Waals surface area (Å²) in [6.45, 7) is 4.11. The van der Waals surface area contributed by atoms with Gasteiger partial charge in [0.2, 0.25) is 0 Å². The van der Waals surface area contributed by atoms with Gasteiger partial charge in [0.05, 0.1) is 29.2 Å². The van der Waals surface area contributed by atoms with E-state index in [1.807, 2.05) is 65.2 Å². The number of benzene rings is 1. The number of nitrogens with one attached hydrogen (secondary N) is 1. The van der Waals surface area contributed by atoms with E-state index >= 15 is 0 Å². The summed E-state index contributed by atoms with van der Waals surface area (Å²) >= 11 is 0. The summed E-state index contributed by atoms with van der Waals surface area (Å²) in [7, 11) is 0. The summed E-state index contributed by atoms with van der Waals surface area (Å²) < 4.78 is 1.81. The number of halogens is 1. The van der Waals surface area contributed by atoms with Crippen LogP contribution in [0, 0.1) is 6.92 Å². The van der Waals surface area contributed by atoms with Crippen LogP contribution in [0.5, 0.6) is 0 Å². The van der Waals surface area contributed by atoms with Crippen LogP contribution in [0.4, 0.5) is 0 Å². The molecule has 1 aliphatic rings. The van der Waals surface area contributed by atoms with Gasteiger partial charge in [0, 0.05) is 32.0 Å². The number of para-hydroxylation sites is 1. The first-order valence-electron chi connectivity index (χ1n) is 8.77. The fourth-order valence-corrected chi connectivity index (χ4v) is 3.42. The topological polar surface area (TPSA) is 63.1 Å². The van der Waals surface area contributed by atoms with Crippen molar-refractivity contribution in [3.8, 4) is 5.69 Å². The average Bonchev–Trinajstić information content (AvgIpc) is 3.10. The SMILES string of the molecule is Cc1c(C(=O)N2CCNCC2c2cccnc2)cnn1-c1ccccc1.Cl. The van der Waals surface area contributed by atoms with E-state index in [2.05, 4.69) is 15.4 Å². The van der Waals surface area contributed by atoms with Gasteiger partial charge in [-0.1, -0.05) is 24.3 Å². The lowest BCUT2D eigenvalue weighted by Crippen LogP contribution is -2.48. The van der Waals surface area contributed by atoms with Gasteiger partial charge >= 0.3 is 0 Å². The van der Waals surface area contributed by atoms with E-state index in [-0.39, 0.29) is 24.4 Å². The molecule has 0 spiro atoms. The molecule has 0 aliphatic carbocycles. The largest absolute Gasteiger partial charge is 0.329 e. The van der Waals surface area contributed by atoms with Crippen LogP contribution in [0.25, 0.3) is 5.69 Å². The third-order valence-electron chi connectivity index (χ3n) is 4.81. The van der Waals surface area contributed by atoms with Crippen molar-refractivity contribution in [1.29, 1.82) is 0 Å². The third kappa shape index (κ3) is 3.72. The van der Waals surface area contributed by atoms with Gasteiger partial charge in [-0.2, -0.15) is 5.10 Å². The van der Waals surface area contributed by atoms with Crippen molar-refractivity contribution in [3.05, 3.63) is 77.9 Å². The summed E-state index contributed by atoms with van der Waals surface area (Å²) in [6, 6.07) is 13.8. The Morgan fingerprint density at radius 3 is 2.70 bits per heavy atom. The highest BCUT2D eigenvalue weighted by Crippen LogP contribution is 2.25. The molecule has 27 heavy (non-hydrogen) atoms. The molecule has 1 amide bonds. The number of hydrogen-bond donors (Lipinski definition) is 1. The first-order chi connectivity index (χ1) is 12.8. The molecule has 1 unspecified atom stereocenters. The molecule has 7 heteroatoms. The standard InChI is InChI=1S/C20H21N5O.ClH/c1-15-18(13-23-25(15)17-7-3-2-4-8-17)20(26)24-11-10-22-14-19(24)16-6-5-9-21-12-16;/h2-9,12-13,19,22H,10-11,14H2,1H3;1H. The van der Waals surface area contributed by atoms with Crippen molar-refractivity contribution < 1.29 is 4.79 Å². The molecule has 0 saturated carbocycles. The van der Waals surface area contributed by atoms with Crippen molar-refractivity contribution in [2.75, 3.05) is 19.6 Å². The van der Waals surface area contributed by atoms with Crippen molar-refractivity contribution >= 4 is 18.3 Å². The number of nitrogens with zero attached hydrogens (tertiary/aromatic N) is 4. The van der Waals surface area contributed by atoms with Crippen LogP contribution >= 0.6 is 12.4 Å². The van der Waals surface area contributed by atoms with Gasteiger partial charge in [0.15, 0.2) is 0 Å². The molecule has 140 valence electrons. The first kappa shape index (κ1) is 19.1. The van der Waals surface area contributed by atoms with Crippen LogP contribution in [0.3, 0.4) is 0 Å². The van der Waals surface area contributed by atoms with Gasteiger partial charge in [0.25, 0.3) is 5.91 Å². The first-order valence-corrected chi connectivity index (χ1v) is 8.77. The summed E-state index contributed by atoms with van der Waals surface area (Å²) in [4.78, 5) is 19.4. The highest BCUT2D eigenvalue weighted by molar-refractivity contribution is 5.95. The fraction of sp³-hybridized carbons (Fsp3) is 0.250. The van der Waals surface area contributed by atoms with Gasteiger partial charge in [-0.05, 0) is 30.7 Å². The second-order valence-electron chi connectivity index (χ2n) is 6.40. The quantitative estimate of drug-likeness (QED) is 0.755. The molecule has 0 radical (unpaired) electrons. The molecule has 1 saturated heterocycles. The number of pyridine rings is 1. The smallest absolute Gasteiger partial charge is 0.257 e. The Morgan fingerprint density at radius 1 is 1.15 bits per heavy atom. The van der Waals surface area contributed by atoms with Gasteiger partial charge in [0.1, 0.15) is 0 Å². The van der Waals surface area contributed by atoms with Crippen LogP contribution in [0.15, 0.2) is 61.1 Å². The van der Waals surface area contributed by atoms with E-state index in [1.54, 1.807) is 12.4 Å². The number of piperazine rings is 1. The number of hydrogen-bond acceptors (Lipinski definition) is 4. The zero-order chi connectivity index (χ0) is 17.9. The molecule has 1 N–H and O–H groups in total. The van der Waals surface area contributed by atoms with Crippen LogP contribution < -0.4 is 5.32 Å². The Labute approximate surface area is 164 Å². The molecule has 2 aromatic heterocycles. The summed E-state index contributed by atoms with van der Waals surface area (Å²) in [5.41, 5.74) is 3.49. The van der Waals surface area contributed by atoms with Crippen molar-refractivity contribution in [2.24, 2.45) is 0 Å². The molecular formula is C20H22ClN5O. The van der Waals surface area contributed by atoms with E-state index in [4.69, 9.17) is 0 Å². The van der Waals surface area contributed by atoms with E-state index in [0.717, 1.165) is 30.0 Å².